The van der Waals surface area contributed by atoms with Gasteiger partial charge in [0.25, 0.3) is 11.8 Å². The van der Waals surface area contributed by atoms with Gasteiger partial charge >= 0.3 is 0 Å². The molecular weight excluding hydrogens is 328 g/mol. The topological polar surface area (TPSA) is 67.4 Å². The average molecular weight is 347 g/mol. The Morgan fingerprint density at radius 2 is 1.79 bits per heavy atom. The van der Waals surface area contributed by atoms with Crippen LogP contribution in [0.15, 0.2) is 48.5 Å². The van der Waals surface area contributed by atoms with Crippen molar-refractivity contribution in [2.45, 2.75) is 26.4 Å². The summed E-state index contributed by atoms with van der Waals surface area (Å²) >= 11 is 5.94. The zero-order valence-corrected chi connectivity index (χ0v) is 14.3. The molecule has 0 radical (unpaired) electrons. The van der Waals surface area contributed by atoms with Crippen LogP contribution < -0.4 is 15.6 Å². The molecule has 1 unspecified atom stereocenters. The molecule has 0 fully saturated rings. The predicted octanol–water partition coefficient (Wildman–Crippen LogP) is 3.59. The summed E-state index contributed by atoms with van der Waals surface area (Å²) in [5.41, 5.74) is 5.38. The summed E-state index contributed by atoms with van der Waals surface area (Å²) in [5.74, 6) is -0.319. The van der Waals surface area contributed by atoms with Gasteiger partial charge in [0.2, 0.25) is 0 Å². The first kappa shape index (κ1) is 17.8. The lowest BCUT2D eigenvalue weighted by Gasteiger charge is -2.13. The van der Waals surface area contributed by atoms with Crippen LogP contribution in [-0.2, 0) is 0 Å². The van der Waals surface area contributed by atoms with E-state index in [-0.39, 0.29) is 11.7 Å². The molecule has 5 nitrogen and oxygen atoms in total. The number of hydrazine groups is 1. The average Bonchev–Trinajstić information content (AvgIpc) is 2.59. The van der Waals surface area contributed by atoms with Gasteiger partial charge in [-0.1, -0.05) is 36.7 Å². The molecular formula is C18H19ClN2O3. The monoisotopic (exact) mass is 346 g/mol. The van der Waals surface area contributed by atoms with Gasteiger partial charge in [-0.2, -0.15) is 0 Å². The van der Waals surface area contributed by atoms with Gasteiger partial charge in [0, 0.05) is 5.56 Å². The van der Waals surface area contributed by atoms with Gasteiger partial charge in [0.15, 0.2) is 0 Å². The van der Waals surface area contributed by atoms with Crippen molar-refractivity contribution in [3.8, 4) is 5.75 Å². The fraction of sp³-hybridized carbons (Fsp3) is 0.222. The first-order valence-corrected chi connectivity index (χ1v) is 8.01. The highest BCUT2D eigenvalue weighted by Crippen LogP contribution is 2.16. The molecule has 126 valence electrons. The molecule has 2 aromatic carbocycles. The van der Waals surface area contributed by atoms with Crippen LogP contribution >= 0.6 is 11.6 Å². The Morgan fingerprint density at radius 3 is 2.50 bits per heavy atom. The molecule has 2 rings (SSSR count). The van der Waals surface area contributed by atoms with Crippen LogP contribution in [0.1, 0.15) is 41.0 Å². The summed E-state index contributed by atoms with van der Waals surface area (Å²) < 4.78 is 5.68. The highest BCUT2D eigenvalue weighted by Gasteiger charge is 2.12. The fourth-order valence-electron chi connectivity index (χ4n) is 1.92. The van der Waals surface area contributed by atoms with Crippen molar-refractivity contribution < 1.29 is 14.3 Å². The first-order valence-electron chi connectivity index (χ1n) is 7.63. The number of carbonyl (C=O) groups excluding carboxylic acids is 2. The fourth-order valence-corrected chi connectivity index (χ4v) is 2.15. The number of hydrogen-bond acceptors (Lipinski definition) is 3. The van der Waals surface area contributed by atoms with Gasteiger partial charge in [0.1, 0.15) is 5.75 Å². The van der Waals surface area contributed by atoms with E-state index in [1.165, 1.54) is 0 Å². The van der Waals surface area contributed by atoms with Crippen LogP contribution in [0.2, 0.25) is 5.02 Å². The van der Waals surface area contributed by atoms with Crippen LogP contribution in [0.4, 0.5) is 0 Å². The maximum atomic E-state index is 12.2. The smallest absolute Gasteiger partial charge is 0.271 e. The Balaban J connectivity index is 1.99. The molecule has 6 heteroatoms. The highest BCUT2D eigenvalue weighted by atomic mass is 35.5. The zero-order chi connectivity index (χ0) is 17.5. The summed E-state index contributed by atoms with van der Waals surface area (Å²) in [6.07, 6.45) is 0.924. The number of amides is 2. The molecule has 2 N–H and O–H groups in total. The Labute approximate surface area is 145 Å². The van der Waals surface area contributed by atoms with Gasteiger partial charge in [-0.25, -0.2) is 0 Å². The van der Waals surface area contributed by atoms with Crippen LogP contribution in [0.5, 0.6) is 5.75 Å². The molecule has 0 heterocycles. The second-order valence-electron chi connectivity index (χ2n) is 5.25. The Morgan fingerprint density at radius 1 is 1.08 bits per heavy atom. The minimum Gasteiger partial charge on any atom is -0.491 e. The maximum absolute atomic E-state index is 12.2. The van der Waals surface area contributed by atoms with Crippen molar-refractivity contribution in [2.24, 2.45) is 0 Å². The number of ether oxygens (including phenoxy) is 1. The second-order valence-corrected chi connectivity index (χ2v) is 5.66. The van der Waals surface area contributed by atoms with E-state index in [1.54, 1.807) is 48.5 Å². The molecule has 1 atom stereocenters. The minimum atomic E-state index is -0.485. The second kappa shape index (κ2) is 8.36. The number of carbonyl (C=O) groups is 2. The molecule has 2 amide bonds. The molecule has 24 heavy (non-hydrogen) atoms. The molecule has 0 aromatic heterocycles. The number of nitrogens with one attached hydrogen (secondary N) is 2. The summed E-state index contributed by atoms with van der Waals surface area (Å²) in [5, 5.41) is 0.313. The zero-order valence-electron chi connectivity index (χ0n) is 13.5. The standard InChI is InChI=1S/C18H19ClN2O3/c1-3-12(2)24-14-8-6-7-13(11-14)17(22)20-21-18(23)15-9-4-5-10-16(15)19/h4-12H,3H2,1-2H3,(H,20,22)(H,21,23). The van der Waals surface area contributed by atoms with Crippen LogP contribution in [0, 0.1) is 0 Å². The summed E-state index contributed by atoms with van der Waals surface area (Å²) in [4.78, 5) is 24.2. The van der Waals surface area contributed by atoms with E-state index in [2.05, 4.69) is 10.9 Å². The van der Waals surface area contributed by atoms with Crippen molar-refractivity contribution in [1.82, 2.24) is 10.9 Å². The predicted molar refractivity (Wildman–Crippen MR) is 93.2 cm³/mol. The van der Waals surface area contributed by atoms with Gasteiger partial charge < -0.3 is 4.74 Å². The van der Waals surface area contributed by atoms with Gasteiger partial charge in [-0.3, -0.25) is 20.4 Å². The van der Waals surface area contributed by atoms with Crippen molar-refractivity contribution >= 4 is 23.4 Å². The number of hydrogen-bond donors (Lipinski definition) is 2. The lowest BCUT2D eigenvalue weighted by molar-refractivity contribution is 0.0846. The van der Waals surface area contributed by atoms with E-state index < -0.39 is 11.8 Å². The third kappa shape index (κ3) is 4.73. The van der Waals surface area contributed by atoms with E-state index in [1.807, 2.05) is 13.8 Å². The van der Waals surface area contributed by atoms with Crippen molar-refractivity contribution in [3.63, 3.8) is 0 Å². The molecule has 0 aliphatic rings. The van der Waals surface area contributed by atoms with Gasteiger partial charge in [0.05, 0.1) is 16.7 Å². The lowest BCUT2D eigenvalue weighted by Crippen LogP contribution is -2.41. The van der Waals surface area contributed by atoms with E-state index >= 15 is 0 Å². The summed E-state index contributed by atoms with van der Waals surface area (Å²) in [6.45, 7) is 3.97. The van der Waals surface area contributed by atoms with Gasteiger partial charge in [-0.15, -0.1) is 0 Å². The Bertz CT molecular complexity index is 734. The van der Waals surface area contributed by atoms with E-state index in [0.717, 1.165) is 6.42 Å². The summed E-state index contributed by atoms with van der Waals surface area (Å²) in [7, 11) is 0. The molecule has 0 aliphatic carbocycles. The van der Waals surface area contributed by atoms with Crippen molar-refractivity contribution in [3.05, 3.63) is 64.7 Å². The maximum Gasteiger partial charge on any atom is 0.271 e. The normalized spacial score (nSPS) is 11.5. The first-order chi connectivity index (χ1) is 11.5. The van der Waals surface area contributed by atoms with Crippen molar-refractivity contribution in [1.29, 1.82) is 0 Å². The Hall–Kier alpha value is -2.53. The number of benzene rings is 2. The van der Waals surface area contributed by atoms with E-state index in [9.17, 15) is 9.59 Å². The third-order valence-electron chi connectivity index (χ3n) is 3.42. The van der Waals surface area contributed by atoms with Crippen molar-refractivity contribution in [2.75, 3.05) is 0 Å². The third-order valence-corrected chi connectivity index (χ3v) is 3.75. The summed E-state index contributed by atoms with van der Waals surface area (Å²) in [6, 6.07) is 13.4. The minimum absolute atomic E-state index is 0.0586. The largest absolute Gasteiger partial charge is 0.491 e. The lowest BCUT2D eigenvalue weighted by atomic mass is 10.2. The van der Waals surface area contributed by atoms with Crippen LogP contribution in [0.3, 0.4) is 0 Å². The van der Waals surface area contributed by atoms with Crippen LogP contribution in [-0.4, -0.2) is 17.9 Å². The molecule has 0 bridgehead atoms. The SMILES string of the molecule is CCC(C)Oc1cccc(C(=O)NNC(=O)c2ccccc2Cl)c1. The Kier molecular flexibility index (Phi) is 6.21. The number of rotatable bonds is 5. The van der Waals surface area contributed by atoms with E-state index in [4.69, 9.17) is 16.3 Å². The molecule has 2 aromatic rings. The molecule has 0 saturated carbocycles. The quantitative estimate of drug-likeness (QED) is 0.813. The molecule has 0 spiro atoms. The molecule has 0 aliphatic heterocycles. The van der Waals surface area contributed by atoms with Crippen LogP contribution in [0.25, 0.3) is 0 Å². The van der Waals surface area contributed by atoms with Gasteiger partial charge in [-0.05, 0) is 43.7 Å². The number of halogens is 1. The molecule has 0 saturated heterocycles. The highest BCUT2D eigenvalue weighted by molar-refractivity contribution is 6.33. The van der Waals surface area contributed by atoms with E-state index in [0.29, 0.717) is 16.3 Å².